The first-order valence-electron chi connectivity index (χ1n) is 5.44. The number of para-hydroxylation sites is 2. The van der Waals surface area contributed by atoms with Crippen LogP contribution in [0.5, 0.6) is 0 Å². The van der Waals surface area contributed by atoms with Crippen molar-refractivity contribution in [2.75, 3.05) is 11.1 Å². The van der Waals surface area contributed by atoms with E-state index in [9.17, 15) is 0 Å². The number of hydrogen-bond acceptors (Lipinski definition) is 6. The molecule has 0 radical (unpaired) electrons. The van der Waals surface area contributed by atoms with Crippen molar-refractivity contribution >= 4 is 39.1 Å². The van der Waals surface area contributed by atoms with Crippen molar-refractivity contribution in [1.29, 1.82) is 0 Å². The second kappa shape index (κ2) is 4.23. The van der Waals surface area contributed by atoms with E-state index < -0.39 is 0 Å². The van der Waals surface area contributed by atoms with Crippen molar-refractivity contribution in [3.63, 3.8) is 0 Å². The maximum Gasteiger partial charge on any atom is 0.188 e. The van der Waals surface area contributed by atoms with E-state index in [1.54, 1.807) is 17.5 Å². The summed E-state index contributed by atoms with van der Waals surface area (Å²) in [5, 5.41) is 3.86. The van der Waals surface area contributed by atoms with E-state index in [1.807, 2.05) is 31.2 Å². The maximum absolute atomic E-state index is 5.88. The van der Waals surface area contributed by atoms with Crippen LogP contribution < -0.4 is 11.1 Å². The highest BCUT2D eigenvalue weighted by molar-refractivity contribution is 7.15. The van der Waals surface area contributed by atoms with Gasteiger partial charge in [-0.3, -0.25) is 0 Å². The number of fused-ring (bicyclic) bond motifs is 1. The van der Waals surface area contributed by atoms with Gasteiger partial charge in [0.25, 0.3) is 0 Å². The molecule has 0 aliphatic rings. The molecule has 6 heteroatoms. The smallest absolute Gasteiger partial charge is 0.188 e. The van der Waals surface area contributed by atoms with Crippen LogP contribution in [0.4, 0.5) is 16.8 Å². The van der Waals surface area contributed by atoms with Gasteiger partial charge in [-0.1, -0.05) is 12.1 Å². The van der Waals surface area contributed by atoms with Gasteiger partial charge in [-0.25, -0.2) is 15.0 Å². The quantitative estimate of drug-likeness (QED) is 0.738. The van der Waals surface area contributed by atoms with Crippen molar-refractivity contribution in [3.8, 4) is 0 Å². The molecule has 0 saturated carbocycles. The van der Waals surface area contributed by atoms with Gasteiger partial charge in [0, 0.05) is 11.1 Å². The van der Waals surface area contributed by atoms with E-state index in [1.165, 1.54) is 0 Å². The summed E-state index contributed by atoms with van der Waals surface area (Å²) in [4.78, 5) is 14.1. The highest BCUT2D eigenvalue weighted by Gasteiger charge is 2.07. The molecule has 0 aliphatic carbocycles. The molecular formula is C12H11N5S. The number of benzene rings is 1. The average Bonchev–Trinajstić information content (AvgIpc) is 2.76. The molecule has 0 bridgehead atoms. The minimum atomic E-state index is 0.376. The van der Waals surface area contributed by atoms with Crippen molar-refractivity contribution in [2.24, 2.45) is 0 Å². The topological polar surface area (TPSA) is 76.7 Å². The molecule has 2 aromatic heterocycles. The molecule has 18 heavy (non-hydrogen) atoms. The number of rotatable bonds is 2. The third-order valence-electron chi connectivity index (χ3n) is 2.44. The molecule has 1 aromatic carbocycles. The molecule has 3 aromatic rings. The highest BCUT2D eigenvalue weighted by Crippen LogP contribution is 2.25. The van der Waals surface area contributed by atoms with Crippen LogP contribution in [-0.2, 0) is 0 Å². The van der Waals surface area contributed by atoms with E-state index in [-0.39, 0.29) is 0 Å². The number of hydrogen-bond donors (Lipinski definition) is 2. The summed E-state index contributed by atoms with van der Waals surface area (Å²) >= 11 is 1.55. The number of anilines is 3. The third kappa shape index (κ3) is 1.98. The van der Waals surface area contributed by atoms with Crippen LogP contribution in [0.3, 0.4) is 0 Å². The van der Waals surface area contributed by atoms with Gasteiger partial charge in [0.2, 0.25) is 0 Å². The number of nitrogen functional groups attached to an aromatic ring is 1. The Labute approximate surface area is 108 Å². The summed E-state index contributed by atoms with van der Waals surface area (Å²) in [6.45, 7) is 2.00. The van der Waals surface area contributed by atoms with E-state index in [2.05, 4.69) is 20.3 Å². The van der Waals surface area contributed by atoms with Gasteiger partial charge in [0.05, 0.1) is 11.0 Å². The minimum Gasteiger partial charge on any atom is -0.381 e. The largest absolute Gasteiger partial charge is 0.381 e. The first-order valence-corrected chi connectivity index (χ1v) is 6.26. The number of nitrogens with two attached hydrogens (primary N) is 1. The number of aryl methyl sites for hydroxylation is 1. The SMILES string of the molecule is Cc1cnc(Nc2nc3ccccc3nc2N)s1. The second-order valence-electron chi connectivity index (χ2n) is 3.85. The molecule has 0 saturated heterocycles. The van der Waals surface area contributed by atoms with Crippen LogP contribution in [0.1, 0.15) is 4.88 Å². The zero-order valence-corrected chi connectivity index (χ0v) is 10.5. The van der Waals surface area contributed by atoms with Gasteiger partial charge < -0.3 is 11.1 Å². The van der Waals surface area contributed by atoms with Crippen LogP contribution in [0.15, 0.2) is 30.5 Å². The second-order valence-corrected chi connectivity index (χ2v) is 5.08. The molecule has 0 spiro atoms. The summed E-state index contributed by atoms with van der Waals surface area (Å²) in [6, 6.07) is 7.62. The first-order chi connectivity index (χ1) is 8.72. The van der Waals surface area contributed by atoms with Crippen molar-refractivity contribution in [1.82, 2.24) is 15.0 Å². The minimum absolute atomic E-state index is 0.376. The Bertz CT molecular complexity index is 707. The zero-order chi connectivity index (χ0) is 12.5. The molecule has 3 rings (SSSR count). The van der Waals surface area contributed by atoms with E-state index >= 15 is 0 Å². The standard InChI is InChI=1S/C12H11N5S/c1-7-6-14-12(18-7)17-11-10(13)15-8-4-2-3-5-9(8)16-11/h2-6H,1H3,(H2,13,15)(H,14,16,17). The lowest BCUT2D eigenvalue weighted by atomic mass is 10.3. The summed E-state index contributed by atoms with van der Waals surface area (Å²) in [6.07, 6.45) is 1.80. The highest BCUT2D eigenvalue weighted by atomic mass is 32.1. The van der Waals surface area contributed by atoms with Crippen LogP contribution in [-0.4, -0.2) is 15.0 Å². The summed E-state index contributed by atoms with van der Waals surface area (Å²) in [5.74, 6) is 0.921. The number of aromatic nitrogens is 3. The Morgan fingerprint density at radius 2 is 1.89 bits per heavy atom. The Balaban J connectivity index is 2.03. The Kier molecular flexibility index (Phi) is 2.56. The number of nitrogens with zero attached hydrogens (tertiary/aromatic N) is 3. The number of nitrogens with one attached hydrogen (secondary N) is 1. The Morgan fingerprint density at radius 1 is 1.17 bits per heavy atom. The van der Waals surface area contributed by atoms with Crippen LogP contribution in [0.25, 0.3) is 11.0 Å². The predicted octanol–water partition coefficient (Wildman–Crippen LogP) is 2.72. The molecule has 0 amide bonds. The van der Waals surface area contributed by atoms with Gasteiger partial charge >= 0.3 is 0 Å². The molecule has 2 heterocycles. The third-order valence-corrected chi connectivity index (χ3v) is 3.27. The van der Waals surface area contributed by atoms with E-state index in [0.717, 1.165) is 21.0 Å². The van der Waals surface area contributed by atoms with E-state index in [0.29, 0.717) is 11.6 Å². The molecule has 5 nitrogen and oxygen atoms in total. The van der Waals surface area contributed by atoms with Crippen LogP contribution in [0, 0.1) is 6.92 Å². The normalized spacial score (nSPS) is 10.7. The lowest BCUT2D eigenvalue weighted by molar-refractivity contribution is 1.27. The molecule has 0 atom stereocenters. The fraction of sp³-hybridized carbons (Fsp3) is 0.0833. The predicted molar refractivity (Wildman–Crippen MR) is 74.1 cm³/mol. The summed E-state index contributed by atoms with van der Waals surface area (Å²) in [5.41, 5.74) is 7.48. The Morgan fingerprint density at radius 3 is 2.56 bits per heavy atom. The lowest BCUT2D eigenvalue weighted by Crippen LogP contribution is -2.02. The lowest BCUT2D eigenvalue weighted by Gasteiger charge is -2.06. The van der Waals surface area contributed by atoms with Gasteiger partial charge in [-0.05, 0) is 19.1 Å². The van der Waals surface area contributed by atoms with Gasteiger partial charge in [0.15, 0.2) is 16.8 Å². The van der Waals surface area contributed by atoms with Crippen molar-refractivity contribution in [3.05, 3.63) is 35.3 Å². The van der Waals surface area contributed by atoms with Gasteiger partial charge in [-0.15, -0.1) is 11.3 Å². The summed E-state index contributed by atoms with van der Waals surface area (Å²) in [7, 11) is 0. The first kappa shape index (κ1) is 10.9. The monoisotopic (exact) mass is 257 g/mol. The molecular weight excluding hydrogens is 246 g/mol. The average molecular weight is 257 g/mol. The number of thiazole rings is 1. The van der Waals surface area contributed by atoms with Crippen LogP contribution in [0.2, 0.25) is 0 Å². The molecule has 3 N–H and O–H groups in total. The molecule has 90 valence electrons. The zero-order valence-electron chi connectivity index (χ0n) is 9.71. The molecule has 0 fully saturated rings. The Hall–Kier alpha value is -2.21. The van der Waals surface area contributed by atoms with Crippen molar-refractivity contribution < 1.29 is 0 Å². The van der Waals surface area contributed by atoms with Crippen LogP contribution >= 0.6 is 11.3 Å². The van der Waals surface area contributed by atoms with E-state index in [4.69, 9.17) is 5.73 Å². The van der Waals surface area contributed by atoms with Gasteiger partial charge in [0.1, 0.15) is 0 Å². The summed E-state index contributed by atoms with van der Waals surface area (Å²) < 4.78 is 0. The fourth-order valence-electron chi connectivity index (χ4n) is 1.62. The fourth-order valence-corrected chi connectivity index (χ4v) is 2.28. The maximum atomic E-state index is 5.88. The molecule has 0 aliphatic heterocycles. The van der Waals surface area contributed by atoms with Crippen molar-refractivity contribution in [2.45, 2.75) is 6.92 Å². The van der Waals surface area contributed by atoms with Gasteiger partial charge in [-0.2, -0.15) is 0 Å². The molecule has 0 unspecified atom stereocenters.